The Kier molecular flexibility index (Phi) is 0.419. The lowest BCUT2D eigenvalue weighted by molar-refractivity contribution is 1.20. The van der Waals surface area contributed by atoms with Gasteiger partial charge in [0.25, 0.3) is 0 Å². The summed E-state index contributed by atoms with van der Waals surface area (Å²) in [6, 6.07) is 0. The number of hydrogen-bond acceptors (Lipinski definition) is 0. The van der Waals surface area contributed by atoms with E-state index in [0.717, 1.165) is 0 Å². The van der Waals surface area contributed by atoms with Gasteiger partial charge in [-0.2, -0.15) is 0 Å². The zero-order chi connectivity index (χ0) is 5.84. The van der Waals surface area contributed by atoms with Crippen LogP contribution in [0.3, 0.4) is 0 Å². The van der Waals surface area contributed by atoms with Crippen LogP contribution in [-0.4, -0.2) is 0 Å². The van der Waals surface area contributed by atoms with Crippen molar-refractivity contribution < 1.29 is 0 Å². The lowest BCUT2D eigenvalue weighted by Crippen LogP contribution is -1.83. The van der Waals surface area contributed by atoms with Gasteiger partial charge in [0.05, 0.1) is 0 Å². The maximum Gasteiger partial charge on any atom is -0.00249 e. The van der Waals surface area contributed by atoms with Crippen molar-refractivity contribution in [1.82, 2.24) is 0 Å². The molecule has 0 amide bonds. The Hall–Kier alpha value is -1.04. The highest BCUT2D eigenvalue weighted by Gasteiger charge is 2.22. The Morgan fingerprint density at radius 3 is 1.78 bits per heavy atom. The molecule has 0 saturated heterocycles. The minimum Gasteiger partial charge on any atom is -0.0508 e. The van der Waals surface area contributed by atoms with Crippen LogP contribution in [0.25, 0.3) is 0 Å². The van der Waals surface area contributed by atoms with Gasteiger partial charge in [-0.1, -0.05) is 24.3 Å². The molecule has 0 spiro atoms. The van der Waals surface area contributed by atoms with Crippen LogP contribution < -0.4 is 0 Å². The van der Waals surface area contributed by atoms with Crippen LogP contribution in [0.2, 0.25) is 0 Å². The quantitative estimate of drug-likeness (QED) is 0.452. The maximum absolute atomic E-state index is 2.28. The predicted molar refractivity (Wildman–Crippen MR) is 36.9 cm³/mol. The molecule has 42 valence electrons. The molecule has 0 saturated carbocycles. The average molecular weight is 114 g/mol. The highest BCUT2D eigenvalue weighted by Crippen LogP contribution is 2.40. The molecule has 4 rings (SSSR count). The van der Waals surface area contributed by atoms with Crippen LogP contribution in [0.1, 0.15) is 6.42 Å². The van der Waals surface area contributed by atoms with E-state index in [2.05, 4.69) is 24.3 Å². The number of hydrogen-bond donors (Lipinski definition) is 0. The second-order valence-electron chi connectivity index (χ2n) is 2.81. The molecule has 4 aliphatic rings. The van der Waals surface area contributed by atoms with Crippen molar-refractivity contribution >= 4 is 0 Å². The smallest absolute Gasteiger partial charge is 0.00249 e. The highest BCUT2D eigenvalue weighted by molar-refractivity contribution is 5.70. The molecule has 4 aliphatic carbocycles. The van der Waals surface area contributed by atoms with E-state index in [0.29, 0.717) is 0 Å². The summed E-state index contributed by atoms with van der Waals surface area (Å²) in [4.78, 5) is 0. The minimum atomic E-state index is 1.17. The summed E-state index contributed by atoms with van der Waals surface area (Å²) in [6.45, 7) is 0. The summed E-state index contributed by atoms with van der Waals surface area (Å²) in [5.74, 6) is 0. The SMILES string of the molecule is C1=C2C=C3C=C(C=C13)C2. The fourth-order valence-electron chi connectivity index (χ4n) is 1.74. The molecule has 0 atom stereocenters. The fraction of sp³-hybridized carbons (Fsp3) is 0.111. The van der Waals surface area contributed by atoms with Crippen molar-refractivity contribution in [2.24, 2.45) is 0 Å². The molecule has 0 radical (unpaired) electrons. The van der Waals surface area contributed by atoms with E-state index in [9.17, 15) is 0 Å². The van der Waals surface area contributed by atoms with E-state index in [1.807, 2.05) is 0 Å². The summed E-state index contributed by atoms with van der Waals surface area (Å²) in [5.41, 5.74) is 5.87. The van der Waals surface area contributed by atoms with Crippen molar-refractivity contribution in [2.75, 3.05) is 0 Å². The summed E-state index contributed by atoms with van der Waals surface area (Å²) in [7, 11) is 0. The molecule has 0 aromatic heterocycles. The van der Waals surface area contributed by atoms with Crippen LogP contribution in [0.4, 0.5) is 0 Å². The van der Waals surface area contributed by atoms with Crippen LogP contribution in [0.15, 0.2) is 46.6 Å². The Bertz CT molecular complexity index is 277. The molecular formula is C9H6. The van der Waals surface area contributed by atoms with Gasteiger partial charge in [-0.25, -0.2) is 0 Å². The van der Waals surface area contributed by atoms with E-state index >= 15 is 0 Å². The first kappa shape index (κ1) is 3.89. The molecule has 0 aliphatic heterocycles. The molecular weight excluding hydrogens is 108 g/mol. The fourth-order valence-corrected chi connectivity index (χ4v) is 1.74. The second kappa shape index (κ2) is 0.971. The monoisotopic (exact) mass is 114 g/mol. The summed E-state index contributed by atoms with van der Waals surface area (Å²) in [6.07, 6.45) is 10.3. The van der Waals surface area contributed by atoms with Gasteiger partial charge in [0.1, 0.15) is 0 Å². The molecule has 0 heterocycles. The molecule has 0 nitrogen and oxygen atoms in total. The van der Waals surface area contributed by atoms with Gasteiger partial charge in [-0.15, -0.1) is 0 Å². The average Bonchev–Trinajstić information content (AvgIpc) is 2.20. The van der Waals surface area contributed by atoms with Crippen molar-refractivity contribution in [1.29, 1.82) is 0 Å². The minimum absolute atomic E-state index is 1.17. The molecule has 4 bridgehead atoms. The summed E-state index contributed by atoms with van der Waals surface area (Å²) < 4.78 is 0. The van der Waals surface area contributed by atoms with Crippen molar-refractivity contribution in [3.8, 4) is 0 Å². The van der Waals surface area contributed by atoms with Crippen LogP contribution >= 0.6 is 0 Å². The first-order chi connectivity index (χ1) is 4.42. The lowest BCUT2D eigenvalue weighted by atomic mass is 10.0. The largest absolute Gasteiger partial charge is 0.0508 e. The van der Waals surface area contributed by atoms with E-state index in [-0.39, 0.29) is 0 Å². The van der Waals surface area contributed by atoms with Gasteiger partial charge in [0.2, 0.25) is 0 Å². The van der Waals surface area contributed by atoms with Crippen LogP contribution in [0.5, 0.6) is 0 Å². The molecule has 9 heavy (non-hydrogen) atoms. The summed E-state index contributed by atoms with van der Waals surface area (Å²) >= 11 is 0. The van der Waals surface area contributed by atoms with E-state index in [4.69, 9.17) is 0 Å². The van der Waals surface area contributed by atoms with E-state index in [1.54, 1.807) is 0 Å². The van der Waals surface area contributed by atoms with Crippen LogP contribution in [0, 0.1) is 0 Å². The Morgan fingerprint density at radius 2 is 1.33 bits per heavy atom. The molecule has 0 aromatic carbocycles. The second-order valence-corrected chi connectivity index (χ2v) is 2.81. The normalized spacial score (nSPS) is 25.8. The van der Waals surface area contributed by atoms with E-state index in [1.165, 1.54) is 28.7 Å². The molecule has 0 heteroatoms. The van der Waals surface area contributed by atoms with Gasteiger partial charge in [0, 0.05) is 0 Å². The number of rotatable bonds is 0. The number of allylic oxidation sites excluding steroid dienone is 8. The van der Waals surface area contributed by atoms with Gasteiger partial charge >= 0.3 is 0 Å². The molecule has 0 fully saturated rings. The van der Waals surface area contributed by atoms with Crippen molar-refractivity contribution in [3.05, 3.63) is 46.6 Å². The zero-order valence-corrected chi connectivity index (χ0v) is 5.02. The maximum atomic E-state index is 2.28. The first-order valence-corrected chi connectivity index (χ1v) is 3.27. The lowest BCUT2D eigenvalue weighted by Gasteiger charge is -2.02. The molecule has 0 aromatic rings. The Balaban J connectivity index is 2.46. The third-order valence-electron chi connectivity index (χ3n) is 2.11. The predicted octanol–water partition coefficient (Wildman–Crippen LogP) is 2.12. The third-order valence-corrected chi connectivity index (χ3v) is 2.11. The van der Waals surface area contributed by atoms with E-state index < -0.39 is 0 Å². The van der Waals surface area contributed by atoms with Gasteiger partial charge < -0.3 is 0 Å². The Labute approximate surface area is 53.9 Å². The van der Waals surface area contributed by atoms with Gasteiger partial charge in [-0.05, 0) is 28.7 Å². The first-order valence-electron chi connectivity index (χ1n) is 3.27. The van der Waals surface area contributed by atoms with Gasteiger partial charge in [0.15, 0.2) is 0 Å². The van der Waals surface area contributed by atoms with Gasteiger partial charge in [-0.3, -0.25) is 0 Å². The summed E-state index contributed by atoms with van der Waals surface area (Å²) in [5, 5.41) is 0. The van der Waals surface area contributed by atoms with Crippen LogP contribution in [-0.2, 0) is 0 Å². The standard InChI is InChI=1S/C9H6/c1-6-2-8-4-7(1)5-9(8)3-6/h2-5H,1H2. The highest BCUT2D eigenvalue weighted by atomic mass is 14.3. The van der Waals surface area contributed by atoms with Crippen molar-refractivity contribution in [3.63, 3.8) is 0 Å². The third kappa shape index (κ3) is 0.325. The Morgan fingerprint density at radius 1 is 0.778 bits per heavy atom. The zero-order valence-electron chi connectivity index (χ0n) is 5.02. The topological polar surface area (TPSA) is 0 Å². The van der Waals surface area contributed by atoms with Crippen molar-refractivity contribution in [2.45, 2.75) is 6.42 Å². The molecule has 0 N–H and O–H groups in total. The molecule has 0 unspecified atom stereocenters.